The quantitative estimate of drug-likeness (QED) is 0.120. The number of aliphatic carboxylic acids is 1. The Bertz CT molecular complexity index is 2630. The van der Waals surface area contributed by atoms with Crippen molar-refractivity contribution in [1.82, 2.24) is 29.7 Å². The monoisotopic (exact) mass is 921 g/mol. The van der Waals surface area contributed by atoms with E-state index >= 15 is 0 Å². The van der Waals surface area contributed by atoms with Crippen molar-refractivity contribution in [2.75, 3.05) is 64.8 Å². The average Bonchev–Trinajstić information content (AvgIpc) is 3.66. The van der Waals surface area contributed by atoms with Gasteiger partial charge in [0, 0.05) is 74.3 Å². The smallest absolute Gasteiger partial charge is 0.392 e. The maximum absolute atomic E-state index is 14.3. The van der Waals surface area contributed by atoms with Crippen molar-refractivity contribution >= 4 is 44.8 Å². The van der Waals surface area contributed by atoms with Crippen LogP contribution in [0.1, 0.15) is 29.7 Å². The topological polar surface area (TPSA) is 144 Å². The summed E-state index contributed by atoms with van der Waals surface area (Å²) in [7, 11) is 2.04. The normalized spacial score (nSPS) is 17.3. The van der Waals surface area contributed by atoms with Gasteiger partial charge in [0.2, 0.25) is 11.5 Å². The van der Waals surface area contributed by atoms with Gasteiger partial charge in [-0.15, -0.1) is 11.3 Å². The minimum absolute atomic E-state index is 0.0281. The SMILES string of the molecule is Cc1c2ccc(c1Cl)NCCOc1ccc(OCc3ccnc(OCCC(F)(F)F)n3)c(c1)C[C@@](CCN1CCN(C)CC1)(C(=O)O)Oc1ncnc3sc(-c4ccc(F)cc4)c-2c13. The van der Waals surface area contributed by atoms with E-state index in [4.69, 9.17) is 30.5 Å². The molecule has 0 amide bonds. The Morgan fingerprint density at radius 2 is 1.83 bits per heavy atom. The Balaban J connectivity index is 1.24. The van der Waals surface area contributed by atoms with Gasteiger partial charge in [0.25, 0.3) is 0 Å². The lowest BCUT2D eigenvalue weighted by atomic mass is 9.89. The minimum atomic E-state index is -4.41. The van der Waals surface area contributed by atoms with Gasteiger partial charge in [-0.1, -0.05) is 29.8 Å². The highest BCUT2D eigenvalue weighted by atomic mass is 35.5. The van der Waals surface area contributed by atoms with Crippen LogP contribution >= 0.6 is 22.9 Å². The molecule has 0 unspecified atom stereocenters. The Morgan fingerprint density at radius 1 is 1.03 bits per heavy atom. The van der Waals surface area contributed by atoms with E-state index in [0.29, 0.717) is 62.1 Å². The van der Waals surface area contributed by atoms with Crippen LogP contribution in [0.2, 0.25) is 5.02 Å². The van der Waals surface area contributed by atoms with Crippen molar-refractivity contribution in [1.29, 1.82) is 0 Å². The van der Waals surface area contributed by atoms with Crippen LogP contribution in [0.25, 0.3) is 31.8 Å². The molecule has 0 radical (unpaired) electrons. The van der Waals surface area contributed by atoms with E-state index in [0.717, 1.165) is 42.2 Å². The summed E-state index contributed by atoms with van der Waals surface area (Å²) < 4.78 is 77.2. The summed E-state index contributed by atoms with van der Waals surface area (Å²) in [4.78, 5) is 37.2. The lowest BCUT2D eigenvalue weighted by Crippen LogP contribution is -2.51. The molecule has 336 valence electrons. The van der Waals surface area contributed by atoms with Gasteiger partial charge in [0.15, 0.2) is 0 Å². The van der Waals surface area contributed by atoms with Gasteiger partial charge in [0.05, 0.1) is 28.2 Å². The number of halogens is 5. The summed E-state index contributed by atoms with van der Waals surface area (Å²) in [5.41, 5.74) is 2.25. The molecule has 1 atom stereocenters. The van der Waals surface area contributed by atoms with Crippen LogP contribution in [-0.2, 0) is 17.8 Å². The number of benzene rings is 3. The Labute approximate surface area is 374 Å². The molecule has 0 saturated carbocycles. The van der Waals surface area contributed by atoms with E-state index in [-0.39, 0.29) is 43.7 Å². The number of hydrogen-bond acceptors (Lipinski definition) is 13. The molecule has 13 nitrogen and oxygen atoms in total. The van der Waals surface area contributed by atoms with Gasteiger partial charge in [-0.05, 0) is 73.1 Å². The van der Waals surface area contributed by atoms with Crippen LogP contribution in [0.5, 0.6) is 23.4 Å². The molecule has 6 aromatic rings. The molecule has 0 aliphatic carbocycles. The number of likely N-dealkylation sites (N-methyl/N-ethyl adjacent to an activating group) is 1. The molecular formula is C45H44ClF4N7O6S. The van der Waals surface area contributed by atoms with E-state index in [9.17, 15) is 27.5 Å². The fourth-order valence-corrected chi connectivity index (χ4v) is 9.04. The van der Waals surface area contributed by atoms with Gasteiger partial charge < -0.3 is 39.2 Å². The molecule has 0 spiro atoms. The van der Waals surface area contributed by atoms with E-state index in [1.54, 1.807) is 30.3 Å². The Morgan fingerprint density at radius 3 is 2.59 bits per heavy atom. The third-order valence-electron chi connectivity index (χ3n) is 11.2. The Kier molecular flexibility index (Phi) is 13.4. The molecule has 4 bridgehead atoms. The molecule has 3 aromatic carbocycles. The maximum Gasteiger partial charge on any atom is 0.392 e. The number of hydrogen-bond donors (Lipinski definition) is 2. The molecule has 3 aliphatic rings. The number of carboxylic acids is 1. The summed E-state index contributed by atoms with van der Waals surface area (Å²) in [5.74, 6) is -0.899. The lowest BCUT2D eigenvalue weighted by Gasteiger charge is -2.36. The summed E-state index contributed by atoms with van der Waals surface area (Å²) in [6, 6.07) is 16.2. The number of carboxylic acid groups (broad SMARTS) is 1. The zero-order valence-electron chi connectivity index (χ0n) is 34.9. The second-order valence-electron chi connectivity index (χ2n) is 15.6. The van der Waals surface area contributed by atoms with Crippen LogP contribution in [0.15, 0.2) is 73.2 Å². The summed E-state index contributed by atoms with van der Waals surface area (Å²) >= 11 is 8.41. The molecule has 3 aliphatic heterocycles. The first-order valence-corrected chi connectivity index (χ1v) is 21.7. The number of anilines is 1. The fourth-order valence-electron chi connectivity index (χ4n) is 7.66. The standard InChI is InChI=1S/C45H44ClF4N7O6S/c1-27-33-8-9-34(38(27)46)51-15-22-60-32-7-10-35(62-25-31-11-14-52-43(55-31)61-21-13-45(48,49)50)29(23-32)24-44(42(58)59,12-16-57-19-17-56(2)18-20-57)63-40-37-36(33)39(64-41(37)54-26-53-40)28-3-5-30(47)6-4-28/h3-11,14,23,26,51H,12-13,15-22,24-25H2,1-2H3,(H,58,59)/t44-/m0/s1. The van der Waals surface area contributed by atoms with Crippen molar-refractivity contribution in [3.8, 4) is 45.0 Å². The van der Waals surface area contributed by atoms with Gasteiger partial charge in [-0.25, -0.2) is 24.1 Å². The number of rotatable bonds is 11. The number of ether oxygens (including phenoxy) is 4. The van der Waals surface area contributed by atoms with Crippen LogP contribution in [-0.4, -0.2) is 112 Å². The predicted octanol–water partition coefficient (Wildman–Crippen LogP) is 8.71. The summed E-state index contributed by atoms with van der Waals surface area (Å²) in [6.07, 6.45) is -3.08. The van der Waals surface area contributed by atoms with E-state index in [1.165, 1.54) is 42.1 Å². The minimum Gasteiger partial charge on any atom is -0.492 e. The number of alkyl halides is 3. The number of thiophene rings is 1. The molecule has 3 aromatic heterocycles. The van der Waals surface area contributed by atoms with Crippen molar-refractivity contribution < 1.29 is 46.4 Å². The van der Waals surface area contributed by atoms with E-state index in [2.05, 4.69) is 35.1 Å². The van der Waals surface area contributed by atoms with Crippen LogP contribution in [0.3, 0.4) is 0 Å². The highest BCUT2D eigenvalue weighted by Gasteiger charge is 2.44. The second-order valence-corrected chi connectivity index (χ2v) is 17.0. The number of nitrogens with one attached hydrogen (secondary N) is 1. The summed E-state index contributed by atoms with van der Waals surface area (Å²) in [6.45, 7) is 5.08. The van der Waals surface area contributed by atoms with Crippen LogP contribution in [0, 0.1) is 12.7 Å². The average molecular weight is 922 g/mol. The zero-order chi connectivity index (χ0) is 45.0. The van der Waals surface area contributed by atoms with Crippen molar-refractivity contribution in [3.05, 3.63) is 101 Å². The Hall–Kier alpha value is -5.82. The first-order chi connectivity index (χ1) is 30.7. The second kappa shape index (κ2) is 19.1. The van der Waals surface area contributed by atoms with Crippen molar-refractivity contribution in [2.45, 2.75) is 44.6 Å². The highest BCUT2D eigenvalue weighted by molar-refractivity contribution is 7.22. The molecule has 2 N–H and O–H groups in total. The molecular weight excluding hydrogens is 878 g/mol. The predicted molar refractivity (Wildman–Crippen MR) is 234 cm³/mol. The largest absolute Gasteiger partial charge is 0.492 e. The lowest BCUT2D eigenvalue weighted by molar-refractivity contribution is -0.156. The number of fused-ring (bicyclic) bond motifs is 7. The third-order valence-corrected chi connectivity index (χ3v) is 12.8. The zero-order valence-corrected chi connectivity index (χ0v) is 36.5. The van der Waals surface area contributed by atoms with Crippen molar-refractivity contribution in [2.24, 2.45) is 0 Å². The van der Waals surface area contributed by atoms with Gasteiger partial charge >= 0.3 is 18.2 Å². The maximum atomic E-state index is 14.3. The van der Waals surface area contributed by atoms with Gasteiger partial charge in [-0.2, -0.15) is 18.2 Å². The van der Waals surface area contributed by atoms with E-state index < -0.39 is 36.6 Å². The fraction of sp³-hybridized carbons (Fsp3) is 0.356. The van der Waals surface area contributed by atoms with Gasteiger partial charge in [-0.3, -0.25) is 0 Å². The van der Waals surface area contributed by atoms with Crippen LogP contribution in [0.4, 0.5) is 23.2 Å². The molecule has 19 heteroatoms. The third kappa shape index (κ3) is 10.3. The molecule has 6 heterocycles. The molecule has 64 heavy (non-hydrogen) atoms. The number of aromatic nitrogens is 4. The van der Waals surface area contributed by atoms with Crippen molar-refractivity contribution in [3.63, 3.8) is 0 Å². The molecule has 9 rings (SSSR count). The van der Waals surface area contributed by atoms with Crippen LogP contribution < -0.4 is 24.3 Å². The first kappa shape index (κ1) is 44.8. The van der Waals surface area contributed by atoms with E-state index in [1.807, 2.05) is 26.1 Å². The number of piperazine rings is 1. The first-order valence-electron chi connectivity index (χ1n) is 20.6. The highest BCUT2D eigenvalue weighted by Crippen LogP contribution is 2.50. The number of nitrogens with zero attached hydrogens (tertiary/aromatic N) is 6. The summed E-state index contributed by atoms with van der Waals surface area (Å²) in [5, 5.41) is 15.8. The number of carbonyl (C=O) groups is 1. The molecule has 1 saturated heterocycles. The van der Waals surface area contributed by atoms with Gasteiger partial charge in [0.1, 0.15) is 48.3 Å². The molecule has 1 fully saturated rings.